The second-order valence-corrected chi connectivity index (χ2v) is 8.01. The quantitative estimate of drug-likeness (QED) is 0.741. The number of benzene rings is 2. The third-order valence-electron chi connectivity index (χ3n) is 4.70. The highest BCUT2D eigenvalue weighted by Crippen LogP contribution is 2.38. The SMILES string of the molecule is COC[C@@H](C)NC(=O)c1ccc([C@H]2SCC(=O)N2CCc2ccccc2)cc1. The summed E-state index contributed by atoms with van der Waals surface area (Å²) in [6.45, 7) is 3.07. The zero-order valence-electron chi connectivity index (χ0n) is 16.3. The van der Waals surface area contributed by atoms with Crippen molar-refractivity contribution in [3.8, 4) is 0 Å². The second-order valence-electron chi connectivity index (χ2n) is 6.94. The molecule has 5 nitrogen and oxygen atoms in total. The van der Waals surface area contributed by atoms with Crippen LogP contribution in [0.5, 0.6) is 0 Å². The monoisotopic (exact) mass is 398 g/mol. The first-order valence-electron chi connectivity index (χ1n) is 9.43. The molecule has 1 aliphatic heterocycles. The van der Waals surface area contributed by atoms with Crippen LogP contribution in [0.25, 0.3) is 0 Å². The molecular weight excluding hydrogens is 372 g/mol. The van der Waals surface area contributed by atoms with Crippen LogP contribution in [0.1, 0.15) is 33.8 Å². The van der Waals surface area contributed by atoms with Gasteiger partial charge in [0.2, 0.25) is 5.91 Å². The van der Waals surface area contributed by atoms with E-state index < -0.39 is 0 Å². The molecule has 0 aromatic heterocycles. The van der Waals surface area contributed by atoms with E-state index in [0.29, 0.717) is 24.5 Å². The number of methoxy groups -OCH3 is 1. The van der Waals surface area contributed by atoms with Gasteiger partial charge in [-0.25, -0.2) is 0 Å². The Hall–Kier alpha value is -2.31. The number of ether oxygens (including phenoxy) is 1. The van der Waals surface area contributed by atoms with E-state index in [-0.39, 0.29) is 23.2 Å². The van der Waals surface area contributed by atoms with Crippen LogP contribution in [0.4, 0.5) is 0 Å². The van der Waals surface area contributed by atoms with Crippen LogP contribution in [0.15, 0.2) is 54.6 Å². The van der Waals surface area contributed by atoms with E-state index in [1.165, 1.54) is 5.56 Å². The number of hydrogen-bond acceptors (Lipinski definition) is 4. The summed E-state index contributed by atoms with van der Waals surface area (Å²) >= 11 is 1.64. The number of carbonyl (C=O) groups excluding carboxylic acids is 2. The van der Waals surface area contributed by atoms with Crippen LogP contribution >= 0.6 is 11.8 Å². The van der Waals surface area contributed by atoms with E-state index in [9.17, 15) is 9.59 Å². The van der Waals surface area contributed by atoms with Gasteiger partial charge < -0.3 is 15.0 Å². The number of nitrogens with zero attached hydrogens (tertiary/aromatic N) is 1. The zero-order chi connectivity index (χ0) is 19.9. The minimum atomic E-state index is -0.118. The molecule has 0 saturated carbocycles. The summed E-state index contributed by atoms with van der Waals surface area (Å²) in [6, 6.07) is 17.7. The Kier molecular flexibility index (Phi) is 7.12. The van der Waals surface area contributed by atoms with Gasteiger partial charge in [-0.05, 0) is 36.6 Å². The van der Waals surface area contributed by atoms with Gasteiger partial charge in [0.1, 0.15) is 5.37 Å². The molecule has 2 amide bonds. The van der Waals surface area contributed by atoms with Gasteiger partial charge in [0.05, 0.1) is 12.4 Å². The Bertz CT molecular complexity index is 795. The van der Waals surface area contributed by atoms with Crippen molar-refractivity contribution in [2.24, 2.45) is 0 Å². The Balaban J connectivity index is 1.64. The molecule has 1 aliphatic rings. The van der Waals surface area contributed by atoms with Crippen LogP contribution in [0.3, 0.4) is 0 Å². The first kappa shape index (κ1) is 20.4. The minimum Gasteiger partial charge on any atom is -0.383 e. The van der Waals surface area contributed by atoms with Crippen LogP contribution in [-0.2, 0) is 16.0 Å². The van der Waals surface area contributed by atoms with E-state index in [0.717, 1.165) is 12.0 Å². The molecular formula is C22H26N2O3S. The van der Waals surface area contributed by atoms with Crippen molar-refractivity contribution < 1.29 is 14.3 Å². The summed E-state index contributed by atoms with van der Waals surface area (Å²) in [6.07, 6.45) is 0.835. The number of rotatable bonds is 8. The van der Waals surface area contributed by atoms with Crippen molar-refractivity contribution in [2.45, 2.75) is 24.8 Å². The molecule has 0 aliphatic carbocycles. The van der Waals surface area contributed by atoms with Gasteiger partial charge in [0.15, 0.2) is 0 Å². The van der Waals surface area contributed by atoms with Crippen molar-refractivity contribution in [3.05, 3.63) is 71.3 Å². The third kappa shape index (κ3) is 5.14. The third-order valence-corrected chi connectivity index (χ3v) is 5.96. The highest BCUT2D eigenvalue weighted by atomic mass is 32.2. The number of amides is 2. The summed E-state index contributed by atoms with van der Waals surface area (Å²) < 4.78 is 5.05. The fraction of sp³-hybridized carbons (Fsp3) is 0.364. The van der Waals surface area contributed by atoms with Gasteiger partial charge >= 0.3 is 0 Å². The first-order chi connectivity index (χ1) is 13.6. The Labute approximate surface area is 170 Å². The van der Waals surface area contributed by atoms with Gasteiger partial charge in [0, 0.05) is 25.3 Å². The molecule has 148 valence electrons. The maximum absolute atomic E-state index is 12.4. The Morgan fingerprint density at radius 3 is 2.61 bits per heavy atom. The van der Waals surface area contributed by atoms with E-state index >= 15 is 0 Å². The normalized spacial score (nSPS) is 17.6. The van der Waals surface area contributed by atoms with Gasteiger partial charge in [-0.1, -0.05) is 42.5 Å². The lowest BCUT2D eigenvalue weighted by atomic mass is 10.1. The van der Waals surface area contributed by atoms with E-state index in [2.05, 4.69) is 17.4 Å². The standard InChI is InChI=1S/C22H26N2O3S/c1-16(14-27-2)23-21(26)18-8-10-19(11-9-18)22-24(20(25)15-28-22)13-12-17-6-4-3-5-7-17/h3-11,16,22H,12-15H2,1-2H3,(H,23,26)/t16-,22-/m1/s1. The molecule has 2 aromatic carbocycles. The molecule has 1 saturated heterocycles. The number of thioether (sulfide) groups is 1. The average molecular weight is 399 g/mol. The molecule has 1 N–H and O–H groups in total. The van der Waals surface area contributed by atoms with Crippen LogP contribution < -0.4 is 5.32 Å². The average Bonchev–Trinajstić information content (AvgIpc) is 3.08. The van der Waals surface area contributed by atoms with E-state index in [1.807, 2.05) is 54.3 Å². The smallest absolute Gasteiger partial charge is 0.251 e. The van der Waals surface area contributed by atoms with E-state index in [4.69, 9.17) is 4.74 Å². The Morgan fingerprint density at radius 1 is 1.21 bits per heavy atom. The second kappa shape index (κ2) is 9.75. The summed E-state index contributed by atoms with van der Waals surface area (Å²) in [5.74, 6) is 0.546. The van der Waals surface area contributed by atoms with Gasteiger partial charge in [-0.3, -0.25) is 9.59 Å². The zero-order valence-corrected chi connectivity index (χ0v) is 17.1. The summed E-state index contributed by atoms with van der Waals surface area (Å²) in [5.41, 5.74) is 2.88. The lowest BCUT2D eigenvalue weighted by Crippen LogP contribution is -2.35. The Morgan fingerprint density at radius 2 is 1.93 bits per heavy atom. The lowest BCUT2D eigenvalue weighted by Gasteiger charge is -2.24. The van der Waals surface area contributed by atoms with Crippen LogP contribution in [0.2, 0.25) is 0 Å². The van der Waals surface area contributed by atoms with Gasteiger partial charge in [-0.2, -0.15) is 0 Å². The van der Waals surface area contributed by atoms with Crippen molar-refractivity contribution in [1.82, 2.24) is 10.2 Å². The molecule has 0 unspecified atom stereocenters. The summed E-state index contributed by atoms with van der Waals surface area (Å²) in [5, 5.41) is 2.91. The number of nitrogens with one attached hydrogen (secondary N) is 1. The first-order valence-corrected chi connectivity index (χ1v) is 10.5. The van der Waals surface area contributed by atoms with Crippen molar-refractivity contribution in [1.29, 1.82) is 0 Å². The molecule has 0 spiro atoms. The minimum absolute atomic E-state index is 0.000684. The molecule has 2 aromatic rings. The molecule has 0 radical (unpaired) electrons. The van der Waals surface area contributed by atoms with Gasteiger partial charge in [0.25, 0.3) is 5.91 Å². The van der Waals surface area contributed by atoms with Crippen LogP contribution in [0, 0.1) is 0 Å². The number of carbonyl (C=O) groups is 2. The van der Waals surface area contributed by atoms with Crippen molar-refractivity contribution in [2.75, 3.05) is 26.0 Å². The predicted molar refractivity (Wildman–Crippen MR) is 112 cm³/mol. The maximum Gasteiger partial charge on any atom is 0.251 e. The topological polar surface area (TPSA) is 58.6 Å². The maximum atomic E-state index is 12.4. The molecule has 1 heterocycles. The highest BCUT2D eigenvalue weighted by Gasteiger charge is 2.32. The predicted octanol–water partition coefficient (Wildman–Crippen LogP) is 3.27. The number of hydrogen-bond donors (Lipinski definition) is 1. The fourth-order valence-electron chi connectivity index (χ4n) is 3.26. The van der Waals surface area contributed by atoms with Crippen LogP contribution in [-0.4, -0.2) is 48.8 Å². The van der Waals surface area contributed by atoms with Crippen molar-refractivity contribution in [3.63, 3.8) is 0 Å². The van der Waals surface area contributed by atoms with Gasteiger partial charge in [-0.15, -0.1) is 11.8 Å². The highest BCUT2D eigenvalue weighted by molar-refractivity contribution is 8.00. The summed E-state index contributed by atoms with van der Waals surface area (Å²) in [7, 11) is 1.61. The molecule has 6 heteroatoms. The largest absolute Gasteiger partial charge is 0.383 e. The lowest BCUT2D eigenvalue weighted by molar-refractivity contribution is -0.128. The van der Waals surface area contributed by atoms with E-state index in [1.54, 1.807) is 18.9 Å². The molecule has 28 heavy (non-hydrogen) atoms. The molecule has 1 fully saturated rings. The fourth-order valence-corrected chi connectivity index (χ4v) is 4.48. The summed E-state index contributed by atoms with van der Waals surface area (Å²) in [4.78, 5) is 26.6. The van der Waals surface area contributed by atoms with Crippen molar-refractivity contribution >= 4 is 23.6 Å². The molecule has 2 atom stereocenters. The molecule has 3 rings (SSSR count). The molecule has 0 bridgehead atoms.